The second-order valence-electron chi connectivity index (χ2n) is 6.20. The Balaban J connectivity index is 1.84. The SMILES string of the molecule is CN(C)C1CCCN(C(=O)CCNS(=O)(=O)c2ccc(Br)cc2)C1. The lowest BCUT2D eigenvalue weighted by atomic mass is 10.0. The molecule has 1 atom stereocenters. The van der Waals surface area contributed by atoms with Crippen LogP contribution in [0.5, 0.6) is 0 Å². The molecule has 1 unspecified atom stereocenters. The van der Waals surface area contributed by atoms with Gasteiger partial charge < -0.3 is 9.80 Å². The summed E-state index contributed by atoms with van der Waals surface area (Å²) in [5.74, 6) is 0.0000520. The van der Waals surface area contributed by atoms with Crippen LogP contribution < -0.4 is 4.72 Å². The summed E-state index contributed by atoms with van der Waals surface area (Å²) in [6.45, 7) is 1.58. The number of hydrogen-bond acceptors (Lipinski definition) is 4. The van der Waals surface area contributed by atoms with Gasteiger partial charge in [-0.2, -0.15) is 0 Å². The van der Waals surface area contributed by atoms with Gasteiger partial charge in [0.15, 0.2) is 0 Å². The number of piperidine rings is 1. The molecule has 1 fully saturated rings. The highest BCUT2D eigenvalue weighted by Crippen LogP contribution is 2.16. The molecule has 1 amide bonds. The first kappa shape index (κ1) is 19.4. The van der Waals surface area contributed by atoms with Crippen molar-refractivity contribution < 1.29 is 13.2 Å². The van der Waals surface area contributed by atoms with E-state index >= 15 is 0 Å². The zero-order chi connectivity index (χ0) is 17.7. The normalized spacial score (nSPS) is 18.8. The van der Waals surface area contributed by atoms with E-state index in [1.807, 2.05) is 19.0 Å². The molecule has 1 aromatic carbocycles. The molecule has 1 saturated heterocycles. The van der Waals surface area contributed by atoms with E-state index in [1.165, 1.54) is 12.1 Å². The number of halogens is 1. The van der Waals surface area contributed by atoms with Crippen molar-refractivity contribution in [2.24, 2.45) is 0 Å². The van der Waals surface area contributed by atoms with Gasteiger partial charge in [-0.1, -0.05) is 15.9 Å². The molecule has 1 aromatic rings. The fraction of sp³-hybridized carbons (Fsp3) is 0.562. The Labute approximate surface area is 152 Å². The van der Waals surface area contributed by atoms with Gasteiger partial charge in [0, 0.05) is 36.6 Å². The van der Waals surface area contributed by atoms with E-state index in [0.29, 0.717) is 12.6 Å². The van der Waals surface area contributed by atoms with Crippen molar-refractivity contribution in [1.29, 1.82) is 0 Å². The van der Waals surface area contributed by atoms with E-state index in [-0.39, 0.29) is 23.8 Å². The summed E-state index contributed by atoms with van der Waals surface area (Å²) in [4.78, 5) is 16.5. The second kappa shape index (κ2) is 8.42. The minimum atomic E-state index is -3.58. The summed E-state index contributed by atoms with van der Waals surface area (Å²) >= 11 is 3.27. The number of likely N-dealkylation sites (N-methyl/N-ethyl adjacent to an activating group) is 1. The van der Waals surface area contributed by atoms with Crippen LogP contribution in [0.15, 0.2) is 33.6 Å². The summed E-state index contributed by atoms with van der Waals surface area (Å²) in [7, 11) is 0.460. The third-order valence-corrected chi connectivity index (χ3v) is 6.24. The zero-order valence-corrected chi connectivity index (χ0v) is 16.4. The summed E-state index contributed by atoms with van der Waals surface area (Å²) in [5, 5.41) is 0. The summed E-state index contributed by atoms with van der Waals surface area (Å²) in [6, 6.07) is 6.78. The molecule has 0 radical (unpaired) electrons. The van der Waals surface area contributed by atoms with Gasteiger partial charge in [-0.25, -0.2) is 13.1 Å². The molecular weight excluding hydrogens is 394 g/mol. The Morgan fingerprint density at radius 3 is 2.62 bits per heavy atom. The van der Waals surface area contributed by atoms with Gasteiger partial charge in [-0.3, -0.25) is 4.79 Å². The number of nitrogens with one attached hydrogen (secondary N) is 1. The summed E-state index contributed by atoms with van der Waals surface area (Å²) in [6.07, 6.45) is 2.25. The fourth-order valence-corrected chi connectivity index (χ4v) is 4.05. The van der Waals surface area contributed by atoms with Crippen LogP contribution in [0.3, 0.4) is 0 Å². The predicted octanol–water partition coefficient (Wildman–Crippen LogP) is 1.67. The Hall–Kier alpha value is -0.960. The monoisotopic (exact) mass is 417 g/mol. The maximum Gasteiger partial charge on any atom is 0.240 e. The number of likely N-dealkylation sites (tertiary alicyclic amines) is 1. The standard InChI is InChI=1S/C16H24BrN3O3S/c1-19(2)14-4-3-11-20(12-14)16(21)9-10-18-24(22,23)15-7-5-13(17)6-8-15/h5-8,14,18H,3-4,9-12H2,1-2H3. The van der Waals surface area contributed by atoms with Gasteiger partial charge in [0.05, 0.1) is 4.90 Å². The maximum absolute atomic E-state index is 12.3. The van der Waals surface area contributed by atoms with Crippen molar-refractivity contribution in [3.05, 3.63) is 28.7 Å². The number of amides is 1. The van der Waals surface area contributed by atoms with Gasteiger partial charge in [0.2, 0.25) is 15.9 Å². The van der Waals surface area contributed by atoms with E-state index in [1.54, 1.807) is 12.1 Å². The number of rotatable bonds is 6. The highest BCUT2D eigenvalue weighted by Gasteiger charge is 2.24. The number of carbonyl (C=O) groups is 1. The van der Waals surface area contributed by atoms with Crippen molar-refractivity contribution in [3.8, 4) is 0 Å². The smallest absolute Gasteiger partial charge is 0.240 e. The first-order valence-electron chi connectivity index (χ1n) is 7.99. The zero-order valence-electron chi connectivity index (χ0n) is 14.0. The molecule has 6 nitrogen and oxygen atoms in total. The van der Waals surface area contributed by atoms with Crippen LogP contribution in [0.1, 0.15) is 19.3 Å². The molecule has 0 saturated carbocycles. The minimum Gasteiger partial charge on any atom is -0.341 e. The van der Waals surface area contributed by atoms with Crippen molar-refractivity contribution in [2.75, 3.05) is 33.7 Å². The molecule has 0 aromatic heterocycles. The first-order chi connectivity index (χ1) is 11.3. The first-order valence-corrected chi connectivity index (χ1v) is 10.3. The van der Waals surface area contributed by atoms with Crippen LogP contribution >= 0.6 is 15.9 Å². The molecule has 1 aliphatic heterocycles. The molecule has 2 rings (SSSR count). The quantitative estimate of drug-likeness (QED) is 0.763. The van der Waals surface area contributed by atoms with Crippen LogP contribution in [-0.2, 0) is 14.8 Å². The lowest BCUT2D eigenvalue weighted by molar-refractivity contribution is -0.132. The highest BCUT2D eigenvalue weighted by molar-refractivity contribution is 9.10. The van der Waals surface area contributed by atoms with Gasteiger partial charge in [0.1, 0.15) is 0 Å². The Morgan fingerprint density at radius 1 is 1.33 bits per heavy atom. The molecule has 0 aliphatic carbocycles. The van der Waals surface area contributed by atoms with Crippen molar-refractivity contribution in [2.45, 2.75) is 30.2 Å². The number of sulfonamides is 1. The average molecular weight is 418 g/mol. The third-order valence-electron chi connectivity index (χ3n) is 4.23. The molecule has 0 spiro atoms. The molecule has 1 N–H and O–H groups in total. The lowest BCUT2D eigenvalue weighted by Gasteiger charge is -2.36. The number of carbonyl (C=O) groups excluding carboxylic acids is 1. The maximum atomic E-state index is 12.3. The van der Waals surface area contributed by atoms with Crippen LogP contribution in [0.2, 0.25) is 0 Å². The highest BCUT2D eigenvalue weighted by atomic mass is 79.9. The average Bonchev–Trinajstić information content (AvgIpc) is 2.55. The van der Waals surface area contributed by atoms with Crippen LogP contribution in [0.25, 0.3) is 0 Å². The number of nitrogens with zero attached hydrogens (tertiary/aromatic N) is 2. The van der Waals surface area contributed by atoms with Crippen molar-refractivity contribution in [3.63, 3.8) is 0 Å². The molecule has 134 valence electrons. The van der Waals surface area contributed by atoms with E-state index in [9.17, 15) is 13.2 Å². The molecule has 0 bridgehead atoms. The van der Waals surface area contributed by atoms with E-state index < -0.39 is 10.0 Å². The second-order valence-corrected chi connectivity index (χ2v) is 8.88. The molecule has 1 aliphatic rings. The Bertz CT molecular complexity index is 662. The lowest BCUT2D eigenvalue weighted by Crippen LogP contribution is -2.48. The minimum absolute atomic E-state index is 0.0000520. The van der Waals surface area contributed by atoms with Gasteiger partial charge in [0.25, 0.3) is 0 Å². The number of benzene rings is 1. The van der Waals surface area contributed by atoms with E-state index in [2.05, 4.69) is 25.6 Å². The Kier molecular flexibility index (Phi) is 6.79. The summed E-state index contributed by atoms with van der Waals surface area (Å²) in [5.41, 5.74) is 0. The molecule has 1 heterocycles. The van der Waals surface area contributed by atoms with Crippen molar-refractivity contribution >= 4 is 31.9 Å². The van der Waals surface area contributed by atoms with Gasteiger partial charge >= 0.3 is 0 Å². The van der Waals surface area contributed by atoms with Crippen LogP contribution in [-0.4, -0.2) is 63.9 Å². The molecule has 24 heavy (non-hydrogen) atoms. The molecular formula is C16H24BrN3O3S. The van der Waals surface area contributed by atoms with E-state index in [0.717, 1.165) is 23.9 Å². The van der Waals surface area contributed by atoms with Gasteiger partial charge in [-0.15, -0.1) is 0 Å². The van der Waals surface area contributed by atoms with Crippen LogP contribution in [0, 0.1) is 0 Å². The summed E-state index contributed by atoms with van der Waals surface area (Å²) < 4.78 is 27.7. The number of hydrogen-bond donors (Lipinski definition) is 1. The molecule has 8 heteroatoms. The van der Waals surface area contributed by atoms with E-state index in [4.69, 9.17) is 0 Å². The third kappa shape index (κ3) is 5.27. The van der Waals surface area contributed by atoms with Crippen LogP contribution in [0.4, 0.5) is 0 Å². The predicted molar refractivity (Wildman–Crippen MR) is 97.2 cm³/mol. The topological polar surface area (TPSA) is 69.7 Å². The Morgan fingerprint density at radius 2 is 2.00 bits per heavy atom. The fourth-order valence-electron chi connectivity index (χ4n) is 2.75. The van der Waals surface area contributed by atoms with Crippen molar-refractivity contribution in [1.82, 2.24) is 14.5 Å². The largest absolute Gasteiger partial charge is 0.341 e. The van der Waals surface area contributed by atoms with Gasteiger partial charge in [-0.05, 0) is 51.2 Å².